The normalized spacial score (nSPS) is 15.9. The van der Waals surface area contributed by atoms with Crippen molar-refractivity contribution in [1.29, 1.82) is 0 Å². The SMILES string of the molecule is C=C1C[C@@H](C(=O)N[C@@H](C)c2ccc(-c3scnc3C)cc2)N(C(=O)[C@@H](NC(=O)CCCCCOCCCCCCNC(=O)OC(C)(C)C)C(C)(C)S)C1. The number of unbranched alkanes of at least 4 members (excludes halogenated alkanes) is 5. The lowest BCUT2D eigenvalue weighted by molar-refractivity contribution is -0.142. The van der Waals surface area contributed by atoms with E-state index < -0.39 is 22.4 Å². The van der Waals surface area contributed by atoms with Crippen molar-refractivity contribution in [2.75, 3.05) is 26.3 Å². The van der Waals surface area contributed by atoms with E-state index in [1.165, 1.54) is 4.90 Å². The van der Waals surface area contributed by atoms with Gasteiger partial charge in [0.2, 0.25) is 17.7 Å². The van der Waals surface area contributed by atoms with Crippen molar-refractivity contribution in [2.24, 2.45) is 0 Å². The van der Waals surface area contributed by atoms with Crippen molar-refractivity contribution in [3.05, 3.63) is 53.2 Å². The Kier molecular flexibility index (Phi) is 17.3. The van der Waals surface area contributed by atoms with E-state index in [0.717, 1.165) is 65.8 Å². The minimum absolute atomic E-state index is 0.225. The molecule has 294 valence electrons. The second kappa shape index (κ2) is 20.9. The number of amides is 4. The summed E-state index contributed by atoms with van der Waals surface area (Å²) < 4.78 is 10.1. The monoisotopic (exact) mass is 771 g/mol. The minimum Gasteiger partial charge on any atom is -0.444 e. The second-order valence-electron chi connectivity index (χ2n) is 15.5. The van der Waals surface area contributed by atoms with Gasteiger partial charge in [-0.3, -0.25) is 14.4 Å². The van der Waals surface area contributed by atoms with E-state index in [1.807, 2.05) is 64.4 Å². The van der Waals surface area contributed by atoms with Crippen LogP contribution in [0, 0.1) is 6.92 Å². The molecule has 0 radical (unpaired) electrons. The maximum absolute atomic E-state index is 14.0. The summed E-state index contributed by atoms with van der Waals surface area (Å²) in [5.41, 5.74) is 5.14. The highest BCUT2D eigenvalue weighted by atomic mass is 32.1. The van der Waals surface area contributed by atoms with Crippen molar-refractivity contribution >= 4 is 47.8 Å². The fraction of sp³-hybridized carbons (Fsp3) is 0.625. The zero-order valence-corrected chi connectivity index (χ0v) is 34.4. The molecular formula is C40H61N5O6S2. The van der Waals surface area contributed by atoms with Crippen LogP contribution in [0.5, 0.6) is 0 Å². The summed E-state index contributed by atoms with van der Waals surface area (Å²) in [5, 5.41) is 8.78. The number of aromatic nitrogens is 1. The molecule has 2 heterocycles. The molecular weight excluding hydrogens is 711 g/mol. The Bertz CT molecular complexity index is 1510. The van der Waals surface area contributed by atoms with Crippen LogP contribution in [0.1, 0.15) is 117 Å². The number of likely N-dealkylation sites (tertiary alicyclic amines) is 1. The molecule has 1 saturated heterocycles. The molecule has 3 atom stereocenters. The number of hydrogen-bond donors (Lipinski definition) is 4. The highest BCUT2D eigenvalue weighted by Crippen LogP contribution is 2.30. The van der Waals surface area contributed by atoms with Gasteiger partial charge in [0.15, 0.2) is 0 Å². The molecule has 1 aromatic heterocycles. The highest BCUT2D eigenvalue weighted by Gasteiger charge is 2.43. The van der Waals surface area contributed by atoms with Crippen LogP contribution in [0.25, 0.3) is 10.4 Å². The van der Waals surface area contributed by atoms with Crippen LogP contribution in [0.2, 0.25) is 0 Å². The summed E-state index contributed by atoms with van der Waals surface area (Å²) in [6, 6.07) is 6.13. The number of nitrogens with one attached hydrogen (secondary N) is 3. The predicted molar refractivity (Wildman–Crippen MR) is 215 cm³/mol. The molecule has 3 rings (SSSR count). The number of carbonyl (C=O) groups excluding carboxylic acids is 4. The lowest BCUT2D eigenvalue weighted by Gasteiger charge is -2.35. The molecule has 0 bridgehead atoms. The Morgan fingerprint density at radius 3 is 2.23 bits per heavy atom. The molecule has 2 aromatic rings. The van der Waals surface area contributed by atoms with Gasteiger partial charge in [0.1, 0.15) is 17.7 Å². The van der Waals surface area contributed by atoms with E-state index in [-0.39, 0.29) is 42.8 Å². The van der Waals surface area contributed by atoms with Gasteiger partial charge in [-0.2, -0.15) is 12.6 Å². The van der Waals surface area contributed by atoms with Crippen molar-refractivity contribution in [3.63, 3.8) is 0 Å². The first-order chi connectivity index (χ1) is 25.0. The fourth-order valence-corrected chi connectivity index (χ4v) is 7.04. The van der Waals surface area contributed by atoms with E-state index in [2.05, 4.69) is 40.1 Å². The van der Waals surface area contributed by atoms with Crippen LogP contribution >= 0.6 is 24.0 Å². The van der Waals surface area contributed by atoms with Crippen LogP contribution in [0.3, 0.4) is 0 Å². The van der Waals surface area contributed by atoms with E-state index in [4.69, 9.17) is 9.47 Å². The molecule has 11 nitrogen and oxygen atoms in total. The summed E-state index contributed by atoms with van der Waals surface area (Å²) in [6.07, 6.45) is 6.47. The van der Waals surface area contributed by atoms with E-state index in [1.54, 1.807) is 25.2 Å². The first kappa shape index (κ1) is 44.0. The maximum Gasteiger partial charge on any atom is 0.407 e. The fourth-order valence-electron chi connectivity index (χ4n) is 6.06. The van der Waals surface area contributed by atoms with Gasteiger partial charge < -0.3 is 30.3 Å². The zero-order valence-electron chi connectivity index (χ0n) is 32.7. The first-order valence-corrected chi connectivity index (χ1v) is 20.1. The molecule has 4 amide bonds. The summed E-state index contributed by atoms with van der Waals surface area (Å²) in [4.78, 5) is 59.2. The molecule has 53 heavy (non-hydrogen) atoms. The molecule has 0 aliphatic carbocycles. The summed E-state index contributed by atoms with van der Waals surface area (Å²) in [5.74, 6) is -0.831. The van der Waals surface area contributed by atoms with Crippen molar-refractivity contribution in [2.45, 2.75) is 135 Å². The largest absolute Gasteiger partial charge is 0.444 e. The molecule has 0 unspecified atom stereocenters. The number of nitrogens with zero attached hydrogens (tertiary/aromatic N) is 2. The van der Waals surface area contributed by atoms with Gasteiger partial charge in [-0.15, -0.1) is 11.3 Å². The number of aryl methyl sites for hydroxylation is 1. The number of ether oxygens (including phenoxy) is 2. The third-order valence-corrected chi connectivity index (χ3v) is 10.2. The Hall–Kier alpha value is -3.42. The summed E-state index contributed by atoms with van der Waals surface area (Å²) >= 11 is 6.28. The number of thiazole rings is 1. The molecule has 1 aliphatic rings. The molecule has 0 saturated carbocycles. The molecule has 13 heteroatoms. The van der Waals surface area contributed by atoms with E-state index in [9.17, 15) is 19.2 Å². The number of thiol groups is 1. The number of benzene rings is 1. The highest BCUT2D eigenvalue weighted by molar-refractivity contribution is 7.81. The maximum atomic E-state index is 14.0. The average Bonchev–Trinajstić information content (AvgIpc) is 3.69. The number of hydrogen-bond acceptors (Lipinski definition) is 9. The Morgan fingerprint density at radius 1 is 0.981 bits per heavy atom. The second-order valence-corrected chi connectivity index (χ2v) is 17.5. The van der Waals surface area contributed by atoms with Gasteiger partial charge >= 0.3 is 6.09 Å². The van der Waals surface area contributed by atoms with Gasteiger partial charge in [0, 0.05) is 37.5 Å². The lowest BCUT2D eigenvalue weighted by atomic mass is 10.00. The Morgan fingerprint density at radius 2 is 1.62 bits per heavy atom. The standard InChI is InChI=1S/C40H61N5O6S2/c1-27-24-32(36(47)43-28(2)30-17-19-31(20-18-30)34-29(3)42-26-53-34)45(25-27)37(48)35(40(7,8)52)44-33(46)16-12-11-15-23-50-22-14-10-9-13-21-41-38(49)51-39(4,5)6/h17-20,26,28,32,35,52H,1,9-16,21-25H2,2-8H3,(H,41,49)(H,43,47)(H,44,46)/t28-,32-,35+/m0/s1. The van der Waals surface area contributed by atoms with Gasteiger partial charge in [-0.05, 0) is 91.7 Å². The molecule has 1 fully saturated rings. The van der Waals surface area contributed by atoms with Crippen molar-refractivity contribution < 1.29 is 28.7 Å². The van der Waals surface area contributed by atoms with Crippen molar-refractivity contribution in [3.8, 4) is 10.4 Å². The van der Waals surface area contributed by atoms with Gasteiger partial charge in [-0.1, -0.05) is 55.7 Å². The third kappa shape index (κ3) is 15.1. The topological polar surface area (TPSA) is 139 Å². The zero-order chi connectivity index (χ0) is 39.2. The Labute approximate surface area is 325 Å². The first-order valence-electron chi connectivity index (χ1n) is 18.8. The predicted octanol–water partition coefficient (Wildman–Crippen LogP) is 7.31. The summed E-state index contributed by atoms with van der Waals surface area (Å²) in [6.45, 7) is 19.2. The quantitative estimate of drug-likeness (QED) is 0.0630. The average molecular weight is 772 g/mol. The van der Waals surface area contributed by atoms with Crippen LogP contribution in [-0.2, 0) is 23.9 Å². The number of rotatable bonds is 20. The summed E-state index contributed by atoms with van der Waals surface area (Å²) in [7, 11) is 0. The third-order valence-electron chi connectivity index (χ3n) is 8.95. The van der Waals surface area contributed by atoms with Gasteiger partial charge in [0.05, 0.1) is 22.1 Å². The lowest BCUT2D eigenvalue weighted by Crippen LogP contribution is -2.59. The molecule has 0 spiro atoms. The minimum atomic E-state index is -0.920. The van der Waals surface area contributed by atoms with E-state index in [0.29, 0.717) is 32.6 Å². The van der Waals surface area contributed by atoms with E-state index >= 15 is 0 Å². The smallest absolute Gasteiger partial charge is 0.407 e. The van der Waals surface area contributed by atoms with Crippen LogP contribution in [0.4, 0.5) is 4.79 Å². The van der Waals surface area contributed by atoms with Crippen LogP contribution in [0.15, 0.2) is 41.9 Å². The van der Waals surface area contributed by atoms with Crippen molar-refractivity contribution in [1.82, 2.24) is 25.8 Å². The number of alkyl carbamates (subject to hydrolysis) is 1. The molecule has 1 aromatic carbocycles. The molecule has 1 aliphatic heterocycles. The molecule has 3 N–H and O–H groups in total. The van der Waals surface area contributed by atoms with Crippen LogP contribution in [-0.4, -0.2) is 82.4 Å². The number of carbonyl (C=O) groups is 4. The van der Waals surface area contributed by atoms with Crippen LogP contribution < -0.4 is 16.0 Å². The van der Waals surface area contributed by atoms with Gasteiger partial charge in [0.25, 0.3) is 0 Å². The van der Waals surface area contributed by atoms with Gasteiger partial charge in [-0.25, -0.2) is 9.78 Å². The Balaban J connectivity index is 1.38.